The van der Waals surface area contributed by atoms with Crippen LogP contribution in [0.5, 0.6) is 0 Å². The molecule has 7 heteroatoms. The number of hydrogen-bond acceptors (Lipinski definition) is 4. The molecule has 1 aromatic heterocycles. The van der Waals surface area contributed by atoms with Crippen LogP contribution in [0.25, 0.3) is 17.1 Å². The van der Waals surface area contributed by atoms with Crippen LogP contribution >= 0.6 is 23.2 Å². The number of anilines is 1. The van der Waals surface area contributed by atoms with Crippen molar-refractivity contribution in [3.8, 4) is 17.1 Å². The second kappa shape index (κ2) is 5.11. The van der Waals surface area contributed by atoms with Crippen molar-refractivity contribution < 1.29 is 0 Å². The highest BCUT2D eigenvalue weighted by atomic mass is 35.5. The molecule has 0 aliphatic carbocycles. The normalized spacial score (nSPS) is 10.7. The van der Waals surface area contributed by atoms with Gasteiger partial charge in [-0.15, -0.1) is 5.10 Å². The number of benzene rings is 2. The quantitative estimate of drug-likeness (QED) is 0.738. The summed E-state index contributed by atoms with van der Waals surface area (Å²) in [6.45, 7) is 0. The van der Waals surface area contributed by atoms with E-state index in [2.05, 4.69) is 15.5 Å². The second-order valence-electron chi connectivity index (χ2n) is 4.10. The first-order valence-corrected chi connectivity index (χ1v) is 6.51. The summed E-state index contributed by atoms with van der Waals surface area (Å²) in [5.74, 6) is 0.468. The van der Waals surface area contributed by atoms with Crippen molar-refractivity contribution >= 4 is 28.9 Å². The molecule has 0 unspecified atom stereocenters. The molecule has 0 radical (unpaired) electrons. The minimum absolute atomic E-state index is 0.468. The predicted molar refractivity (Wildman–Crippen MR) is 79.0 cm³/mol. The summed E-state index contributed by atoms with van der Waals surface area (Å²) in [4.78, 5) is 0. The molecule has 0 saturated carbocycles. The Kier molecular flexibility index (Phi) is 3.30. The molecular formula is C13H9Cl2N5. The Morgan fingerprint density at radius 2 is 1.85 bits per heavy atom. The Labute approximate surface area is 124 Å². The van der Waals surface area contributed by atoms with Gasteiger partial charge in [0.05, 0.1) is 16.3 Å². The van der Waals surface area contributed by atoms with Crippen molar-refractivity contribution in [2.75, 3.05) is 5.73 Å². The van der Waals surface area contributed by atoms with Crippen LogP contribution in [0.1, 0.15) is 0 Å². The van der Waals surface area contributed by atoms with Crippen LogP contribution in [-0.2, 0) is 0 Å². The fourth-order valence-electron chi connectivity index (χ4n) is 1.90. The molecule has 20 heavy (non-hydrogen) atoms. The predicted octanol–water partition coefficient (Wildman–Crippen LogP) is 3.22. The van der Waals surface area contributed by atoms with E-state index in [0.29, 0.717) is 27.1 Å². The lowest BCUT2D eigenvalue weighted by Gasteiger charge is -2.08. The first-order valence-electron chi connectivity index (χ1n) is 5.75. The molecule has 0 fully saturated rings. The monoisotopic (exact) mass is 305 g/mol. The number of tetrazole rings is 1. The van der Waals surface area contributed by atoms with Crippen LogP contribution < -0.4 is 5.73 Å². The topological polar surface area (TPSA) is 69.6 Å². The Hall–Kier alpha value is -2.11. The lowest BCUT2D eigenvalue weighted by atomic mass is 10.1. The van der Waals surface area contributed by atoms with Crippen molar-refractivity contribution in [3.05, 3.63) is 52.5 Å². The summed E-state index contributed by atoms with van der Waals surface area (Å²) in [7, 11) is 0. The fourth-order valence-corrected chi connectivity index (χ4v) is 2.35. The number of nitrogen functional groups attached to an aromatic ring is 1. The first kappa shape index (κ1) is 12.9. The molecule has 3 aromatic rings. The Morgan fingerprint density at radius 3 is 2.60 bits per heavy atom. The molecule has 0 bridgehead atoms. The van der Waals surface area contributed by atoms with Crippen molar-refractivity contribution in [2.45, 2.75) is 0 Å². The zero-order valence-corrected chi connectivity index (χ0v) is 11.7. The molecule has 0 amide bonds. The van der Waals surface area contributed by atoms with Gasteiger partial charge in [-0.25, -0.2) is 0 Å². The molecule has 2 N–H and O–H groups in total. The number of aromatic nitrogens is 4. The number of hydrogen-bond donors (Lipinski definition) is 1. The van der Waals surface area contributed by atoms with Crippen molar-refractivity contribution in [2.24, 2.45) is 0 Å². The summed E-state index contributed by atoms with van der Waals surface area (Å²) >= 11 is 12.2. The summed E-state index contributed by atoms with van der Waals surface area (Å²) in [6, 6.07) is 12.5. The van der Waals surface area contributed by atoms with E-state index in [1.54, 1.807) is 35.0 Å². The van der Waals surface area contributed by atoms with Gasteiger partial charge in [-0.3, -0.25) is 0 Å². The van der Waals surface area contributed by atoms with Gasteiger partial charge in [0.1, 0.15) is 0 Å². The molecule has 100 valence electrons. The van der Waals surface area contributed by atoms with Crippen LogP contribution in [0, 0.1) is 0 Å². The molecule has 0 atom stereocenters. The highest BCUT2D eigenvalue weighted by Crippen LogP contribution is 2.32. The molecular weight excluding hydrogens is 297 g/mol. The van der Waals surface area contributed by atoms with Crippen LogP contribution in [0.15, 0.2) is 42.5 Å². The van der Waals surface area contributed by atoms with Gasteiger partial charge >= 0.3 is 0 Å². The number of halogens is 2. The van der Waals surface area contributed by atoms with Gasteiger partial charge < -0.3 is 5.73 Å². The molecule has 3 rings (SSSR count). The van der Waals surface area contributed by atoms with E-state index in [0.717, 1.165) is 5.69 Å². The molecule has 0 spiro atoms. The second-order valence-corrected chi connectivity index (χ2v) is 4.94. The van der Waals surface area contributed by atoms with Gasteiger partial charge in [0.25, 0.3) is 0 Å². The third kappa shape index (κ3) is 2.21. The minimum Gasteiger partial charge on any atom is -0.398 e. The maximum atomic E-state index is 6.20. The zero-order valence-electron chi connectivity index (χ0n) is 10.2. The molecule has 1 heterocycles. The van der Waals surface area contributed by atoms with Gasteiger partial charge in [0.2, 0.25) is 0 Å². The lowest BCUT2D eigenvalue weighted by Crippen LogP contribution is -2.02. The average molecular weight is 306 g/mol. The van der Waals surface area contributed by atoms with E-state index in [1.807, 2.05) is 12.1 Å². The third-order valence-electron chi connectivity index (χ3n) is 2.79. The van der Waals surface area contributed by atoms with Crippen LogP contribution in [0.4, 0.5) is 5.69 Å². The Morgan fingerprint density at radius 1 is 1.05 bits per heavy atom. The fraction of sp³-hybridized carbons (Fsp3) is 0. The molecule has 0 aliphatic heterocycles. The molecule has 0 aliphatic rings. The maximum Gasteiger partial charge on any atom is 0.190 e. The standard InChI is InChI=1S/C13H9Cl2N5/c14-8-3-1-4-9(7-8)20-13(17-18-19-20)12-10(15)5-2-6-11(12)16/h1-7H,16H2. The molecule has 5 nitrogen and oxygen atoms in total. The largest absolute Gasteiger partial charge is 0.398 e. The van der Waals surface area contributed by atoms with Gasteiger partial charge in [-0.2, -0.15) is 4.68 Å². The number of nitrogens with two attached hydrogens (primary N) is 1. The van der Waals surface area contributed by atoms with Crippen LogP contribution in [0.3, 0.4) is 0 Å². The lowest BCUT2D eigenvalue weighted by molar-refractivity contribution is 0.791. The van der Waals surface area contributed by atoms with E-state index in [9.17, 15) is 0 Å². The van der Waals surface area contributed by atoms with Gasteiger partial charge in [-0.1, -0.05) is 35.3 Å². The first-order chi connectivity index (χ1) is 9.66. The summed E-state index contributed by atoms with van der Waals surface area (Å²) in [6.07, 6.45) is 0. The maximum absolute atomic E-state index is 6.20. The smallest absolute Gasteiger partial charge is 0.190 e. The van der Waals surface area contributed by atoms with Gasteiger partial charge in [0.15, 0.2) is 5.82 Å². The SMILES string of the molecule is Nc1cccc(Cl)c1-c1nnnn1-c1cccc(Cl)c1. The Bertz CT molecular complexity index is 749. The van der Waals surface area contributed by atoms with Gasteiger partial charge in [-0.05, 0) is 40.8 Å². The van der Waals surface area contributed by atoms with Crippen molar-refractivity contribution in [1.82, 2.24) is 20.2 Å². The molecule has 0 saturated heterocycles. The van der Waals surface area contributed by atoms with Crippen LogP contribution in [0.2, 0.25) is 10.0 Å². The van der Waals surface area contributed by atoms with E-state index < -0.39 is 0 Å². The molecule has 2 aromatic carbocycles. The summed E-state index contributed by atoms with van der Waals surface area (Å²) in [5, 5.41) is 12.8. The zero-order chi connectivity index (χ0) is 14.1. The highest BCUT2D eigenvalue weighted by Gasteiger charge is 2.16. The van der Waals surface area contributed by atoms with E-state index in [4.69, 9.17) is 28.9 Å². The number of rotatable bonds is 2. The minimum atomic E-state index is 0.468. The summed E-state index contributed by atoms with van der Waals surface area (Å²) < 4.78 is 1.55. The van der Waals surface area contributed by atoms with E-state index in [1.165, 1.54) is 0 Å². The van der Waals surface area contributed by atoms with Crippen LogP contribution in [-0.4, -0.2) is 20.2 Å². The highest BCUT2D eigenvalue weighted by molar-refractivity contribution is 6.33. The summed E-state index contributed by atoms with van der Waals surface area (Å²) in [5.41, 5.74) is 7.81. The van der Waals surface area contributed by atoms with Crippen molar-refractivity contribution in [1.29, 1.82) is 0 Å². The van der Waals surface area contributed by atoms with Crippen molar-refractivity contribution in [3.63, 3.8) is 0 Å². The third-order valence-corrected chi connectivity index (χ3v) is 3.34. The van der Waals surface area contributed by atoms with E-state index >= 15 is 0 Å². The van der Waals surface area contributed by atoms with E-state index in [-0.39, 0.29) is 0 Å². The Balaban J connectivity index is 2.21. The average Bonchev–Trinajstić information content (AvgIpc) is 2.87. The van der Waals surface area contributed by atoms with Gasteiger partial charge in [0, 0.05) is 10.7 Å². The number of nitrogens with zero attached hydrogens (tertiary/aromatic N) is 4.